The quantitative estimate of drug-likeness (QED) is 0.705. The Kier molecular flexibility index (Phi) is 6.98. The Morgan fingerprint density at radius 2 is 2.03 bits per heavy atom. The molecule has 2 saturated heterocycles. The summed E-state index contributed by atoms with van der Waals surface area (Å²) in [6.45, 7) is 1.60. The summed E-state index contributed by atoms with van der Waals surface area (Å²) in [7, 11) is 0. The van der Waals surface area contributed by atoms with Crippen molar-refractivity contribution in [2.45, 2.75) is 44.4 Å². The maximum atomic E-state index is 13.1. The van der Waals surface area contributed by atoms with Crippen LogP contribution in [-0.2, 0) is 27.0 Å². The van der Waals surface area contributed by atoms with Gasteiger partial charge in [-0.25, -0.2) is 0 Å². The lowest BCUT2D eigenvalue weighted by Gasteiger charge is -2.35. The van der Waals surface area contributed by atoms with Crippen molar-refractivity contribution >= 4 is 11.8 Å². The third kappa shape index (κ3) is 5.30. The molecule has 1 unspecified atom stereocenters. The van der Waals surface area contributed by atoms with Gasteiger partial charge < -0.3 is 14.5 Å². The van der Waals surface area contributed by atoms with Gasteiger partial charge in [-0.05, 0) is 30.5 Å². The van der Waals surface area contributed by atoms with E-state index in [-0.39, 0.29) is 43.8 Å². The molecule has 0 aliphatic carbocycles. The van der Waals surface area contributed by atoms with Gasteiger partial charge in [-0.1, -0.05) is 12.1 Å². The fourth-order valence-corrected chi connectivity index (χ4v) is 4.03. The number of nitrogens with zero attached hydrogens (tertiary/aromatic N) is 3. The number of alkyl halides is 3. The van der Waals surface area contributed by atoms with Crippen LogP contribution < -0.4 is 0 Å². The van der Waals surface area contributed by atoms with Gasteiger partial charge in [0.05, 0.1) is 24.0 Å². The molecule has 0 aromatic heterocycles. The summed E-state index contributed by atoms with van der Waals surface area (Å²) in [4.78, 5) is 28.7. The summed E-state index contributed by atoms with van der Waals surface area (Å²) in [5, 5.41) is 8.93. The molecule has 2 amide bonds. The van der Waals surface area contributed by atoms with Gasteiger partial charge in [0.2, 0.25) is 11.8 Å². The molecular formula is C21H24F3N3O3. The van der Waals surface area contributed by atoms with Crippen molar-refractivity contribution in [3.8, 4) is 6.07 Å². The van der Waals surface area contributed by atoms with Crippen molar-refractivity contribution < 1.29 is 27.5 Å². The van der Waals surface area contributed by atoms with E-state index in [1.54, 1.807) is 11.0 Å². The van der Waals surface area contributed by atoms with Gasteiger partial charge in [0.1, 0.15) is 0 Å². The minimum Gasteiger partial charge on any atom is -0.381 e. The Balaban J connectivity index is 1.67. The number of ether oxygens (including phenoxy) is 1. The number of benzene rings is 1. The van der Waals surface area contributed by atoms with Crippen LogP contribution in [0.5, 0.6) is 0 Å². The van der Waals surface area contributed by atoms with E-state index >= 15 is 0 Å². The van der Waals surface area contributed by atoms with E-state index in [0.717, 1.165) is 12.1 Å². The number of carbonyl (C=O) groups excluding carboxylic acids is 2. The fraction of sp³-hybridized carbons (Fsp3) is 0.571. The van der Waals surface area contributed by atoms with Crippen molar-refractivity contribution in [3.63, 3.8) is 0 Å². The highest BCUT2D eigenvalue weighted by molar-refractivity contribution is 5.89. The second-order valence-corrected chi connectivity index (χ2v) is 7.66. The standard InChI is InChI=1S/C21H24F3N3O3/c22-21(23,24)17-4-1-3-15(11-17)13-26-14-16(12-19(26)28)20(29)27(8-2-7-25)18-5-9-30-10-6-18/h1,3-4,11,16,18H,2,5-6,8-10,12-14H2. The Morgan fingerprint density at radius 1 is 1.30 bits per heavy atom. The lowest BCUT2D eigenvalue weighted by Crippen LogP contribution is -2.47. The van der Waals surface area contributed by atoms with Crippen LogP contribution in [-0.4, -0.2) is 54.0 Å². The maximum absolute atomic E-state index is 13.1. The zero-order chi connectivity index (χ0) is 21.7. The average Bonchev–Trinajstić information content (AvgIpc) is 3.09. The van der Waals surface area contributed by atoms with Gasteiger partial charge in [-0.15, -0.1) is 0 Å². The molecule has 0 N–H and O–H groups in total. The molecule has 9 heteroatoms. The fourth-order valence-electron chi connectivity index (χ4n) is 4.03. The molecule has 3 rings (SSSR count). The first kappa shape index (κ1) is 22.1. The normalized spacial score (nSPS) is 20.3. The molecule has 1 aromatic rings. The van der Waals surface area contributed by atoms with E-state index in [4.69, 9.17) is 10.00 Å². The van der Waals surface area contributed by atoms with E-state index in [1.165, 1.54) is 11.0 Å². The van der Waals surface area contributed by atoms with Crippen LogP contribution in [0.1, 0.15) is 36.8 Å². The van der Waals surface area contributed by atoms with E-state index in [0.29, 0.717) is 38.2 Å². The minimum absolute atomic E-state index is 0.0211. The number of rotatable bonds is 6. The zero-order valence-corrected chi connectivity index (χ0v) is 16.5. The molecule has 6 nitrogen and oxygen atoms in total. The predicted molar refractivity (Wildman–Crippen MR) is 101 cm³/mol. The first-order valence-electron chi connectivity index (χ1n) is 9.98. The van der Waals surface area contributed by atoms with Crippen LogP contribution >= 0.6 is 0 Å². The number of hydrogen-bond acceptors (Lipinski definition) is 4. The molecule has 1 atom stereocenters. The maximum Gasteiger partial charge on any atom is 0.416 e. The van der Waals surface area contributed by atoms with Crippen LogP contribution in [0.15, 0.2) is 24.3 Å². The molecule has 2 fully saturated rings. The molecular weight excluding hydrogens is 399 g/mol. The number of likely N-dealkylation sites (tertiary alicyclic amines) is 1. The van der Waals surface area contributed by atoms with Gasteiger partial charge in [0.25, 0.3) is 0 Å². The van der Waals surface area contributed by atoms with E-state index in [1.807, 2.05) is 0 Å². The van der Waals surface area contributed by atoms with Crippen LogP contribution in [0.3, 0.4) is 0 Å². The number of hydrogen-bond donors (Lipinski definition) is 0. The summed E-state index contributed by atoms with van der Waals surface area (Å²) in [5.74, 6) is -0.972. The Bertz CT molecular complexity index is 816. The Morgan fingerprint density at radius 3 is 2.70 bits per heavy atom. The van der Waals surface area contributed by atoms with Crippen molar-refractivity contribution in [1.29, 1.82) is 5.26 Å². The third-order valence-electron chi connectivity index (χ3n) is 5.57. The molecule has 2 aliphatic heterocycles. The van der Waals surface area contributed by atoms with Crippen molar-refractivity contribution in [1.82, 2.24) is 9.80 Å². The highest BCUT2D eigenvalue weighted by atomic mass is 19.4. The van der Waals surface area contributed by atoms with Crippen molar-refractivity contribution in [2.75, 3.05) is 26.3 Å². The molecule has 0 saturated carbocycles. The van der Waals surface area contributed by atoms with Crippen molar-refractivity contribution in [2.24, 2.45) is 5.92 Å². The van der Waals surface area contributed by atoms with Crippen LogP contribution in [0.4, 0.5) is 13.2 Å². The summed E-state index contributed by atoms with van der Waals surface area (Å²) in [6, 6.07) is 6.91. The number of halogens is 3. The monoisotopic (exact) mass is 423 g/mol. The van der Waals surface area contributed by atoms with Gasteiger partial charge in [-0.2, -0.15) is 18.4 Å². The van der Waals surface area contributed by atoms with E-state index < -0.39 is 17.7 Å². The first-order valence-corrected chi connectivity index (χ1v) is 9.98. The smallest absolute Gasteiger partial charge is 0.381 e. The van der Waals surface area contributed by atoms with Crippen LogP contribution in [0.2, 0.25) is 0 Å². The number of carbonyl (C=O) groups is 2. The lowest BCUT2D eigenvalue weighted by molar-refractivity contribution is -0.140. The summed E-state index contributed by atoms with van der Waals surface area (Å²) in [5.41, 5.74) is -0.390. The zero-order valence-electron chi connectivity index (χ0n) is 16.5. The highest BCUT2D eigenvalue weighted by Crippen LogP contribution is 2.31. The molecule has 162 valence electrons. The van der Waals surface area contributed by atoms with Crippen LogP contribution in [0, 0.1) is 17.2 Å². The Labute approximate surface area is 173 Å². The minimum atomic E-state index is -4.45. The van der Waals surface area contributed by atoms with Gasteiger partial charge in [0.15, 0.2) is 0 Å². The largest absolute Gasteiger partial charge is 0.416 e. The average molecular weight is 423 g/mol. The highest BCUT2D eigenvalue weighted by Gasteiger charge is 2.39. The molecule has 30 heavy (non-hydrogen) atoms. The van der Waals surface area contributed by atoms with Gasteiger partial charge >= 0.3 is 6.18 Å². The van der Waals surface area contributed by atoms with Gasteiger partial charge in [-0.3, -0.25) is 9.59 Å². The second-order valence-electron chi connectivity index (χ2n) is 7.66. The molecule has 0 spiro atoms. The molecule has 2 heterocycles. The lowest BCUT2D eigenvalue weighted by atomic mass is 10.0. The molecule has 0 radical (unpaired) electrons. The van der Waals surface area contributed by atoms with E-state index in [2.05, 4.69) is 6.07 Å². The summed E-state index contributed by atoms with van der Waals surface area (Å²) >= 11 is 0. The molecule has 0 bridgehead atoms. The topological polar surface area (TPSA) is 73.6 Å². The Hall–Kier alpha value is -2.60. The first-order chi connectivity index (χ1) is 14.3. The third-order valence-corrected chi connectivity index (χ3v) is 5.57. The van der Waals surface area contributed by atoms with E-state index in [9.17, 15) is 22.8 Å². The molecule has 2 aliphatic rings. The number of amides is 2. The second kappa shape index (κ2) is 9.47. The summed E-state index contributed by atoms with van der Waals surface area (Å²) in [6.07, 6.45) is -2.84. The number of nitriles is 1. The predicted octanol–water partition coefficient (Wildman–Crippen LogP) is 2.98. The molecule has 1 aromatic carbocycles. The van der Waals surface area contributed by atoms with Crippen LogP contribution in [0.25, 0.3) is 0 Å². The van der Waals surface area contributed by atoms with Gasteiger partial charge in [0, 0.05) is 45.3 Å². The van der Waals surface area contributed by atoms with Crippen molar-refractivity contribution in [3.05, 3.63) is 35.4 Å². The SMILES string of the molecule is N#CCCN(C(=O)C1CC(=O)N(Cc2cccc(C(F)(F)F)c2)C1)C1CCOCC1. The summed E-state index contributed by atoms with van der Waals surface area (Å²) < 4.78 is 44.1.